The highest BCUT2D eigenvalue weighted by Gasteiger charge is 2.13. The van der Waals surface area contributed by atoms with E-state index in [2.05, 4.69) is 34.7 Å². The van der Waals surface area contributed by atoms with Gasteiger partial charge in [0, 0.05) is 19.4 Å². The number of aryl methyl sites for hydroxylation is 2. The second-order valence-electron chi connectivity index (χ2n) is 4.14. The normalized spacial score (nSPS) is 12.6. The van der Waals surface area contributed by atoms with Crippen LogP contribution >= 0.6 is 0 Å². The fourth-order valence-corrected chi connectivity index (χ4v) is 1.96. The Morgan fingerprint density at radius 3 is 2.71 bits per heavy atom. The average molecular weight is 230 g/mol. The summed E-state index contributed by atoms with van der Waals surface area (Å²) in [5, 5.41) is 0. The van der Waals surface area contributed by atoms with E-state index < -0.39 is 0 Å². The number of hydrogen-bond acceptors (Lipinski definition) is 3. The fourth-order valence-electron chi connectivity index (χ4n) is 1.96. The lowest BCUT2D eigenvalue weighted by molar-refractivity contribution is 0.478. The zero-order valence-corrected chi connectivity index (χ0v) is 10.0. The summed E-state index contributed by atoms with van der Waals surface area (Å²) in [6.07, 6.45) is 5.65. The molecule has 0 aliphatic heterocycles. The van der Waals surface area contributed by atoms with Gasteiger partial charge in [-0.15, -0.1) is 0 Å². The van der Waals surface area contributed by atoms with Crippen LogP contribution in [-0.4, -0.2) is 9.55 Å². The van der Waals surface area contributed by atoms with E-state index in [4.69, 9.17) is 5.84 Å². The molecule has 0 aliphatic rings. The van der Waals surface area contributed by atoms with Gasteiger partial charge in [0.1, 0.15) is 5.82 Å². The SMILES string of the molecule is Cn1ccnc1C(CCc1ccccc1)NN. The molecule has 0 amide bonds. The zero-order valence-electron chi connectivity index (χ0n) is 10.0. The van der Waals surface area contributed by atoms with Gasteiger partial charge in [0.2, 0.25) is 0 Å². The van der Waals surface area contributed by atoms with Crippen molar-refractivity contribution in [3.8, 4) is 0 Å². The van der Waals surface area contributed by atoms with E-state index >= 15 is 0 Å². The molecule has 0 spiro atoms. The average Bonchev–Trinajstić information content (AvgIpc) is 2.78. The highest BCUT2D eigenvalue weighted by Crippen LogP contribution is 2.16. The Hall–Kier alpha value is -1.65. The minimum absolute atomic E-state index is 0.0928. The van der Waals surface area contributed by atoms with Crippen LogP contribution in [0.5, 0.6) is 0 Å². The van der Waals surface area contributed by atoms with Crippen molar-refractivity contribution >= 4 is 0 Å². The number of benzene rings is 1. The Bertz CT molecular complexity index is 449. The lowest BCUT2D eigenvalue weighted by Gasteiger charge is -2.15. The van der Waals surface area contributed by atoms with E-state index in [0.717, 1.165) is 18.7 Å². The summed E-state index contributed by atoms with van der Waals surface area (Å²) in [7, 11) is 1.98. The van der Waals surface area contributed by atoms with E-state index in [1.54, 1.807) is 6.20 Å². The van der Waals surface area contributed by atoms with Crippen molar-refractivity contribution in [3.05, 3.63) is 54.1 Å². The van der Waals surface area contributed by atoms with E-state index in [1.807, 2.05) is 23.9 Å². The lowest BCUT2D eigenvalue weighted by Crippen LogP contribution is -2.30. The number of nitrogens with two attached hydrogens (primary N) is 1. The first-order chi connectivity index (χ1) is 8.31. The number of aromatic nitrogens is 2. The van der Waals surface area contributed by atoms with Gasteiger partial charge in [0.25, 0.3) is 0 Å². The smallest absolute Gasteiger partial charge is 0.126 e. The molecule has 4 heteroatoms. The van der Waals surface area contributed by atoms with Crippen LogP contribution in [0.2, 0.25) is 0 Å². The first kappa shape index (κ1) is 11.8. The van der Waals surface area contributed by atoms with Crippen LogP contribution in [0.15, 0.2) is 42.7 Å². The molecule has 90 valence electrons. The van der Waals surface area contributed by atoms with Gasteiger partial charge in [-0.3, -0.25) is 5.84 Å². The van der Waals surface area contributed by atoms with Gasteiger partial charge in [-0.1, -0.05) is 30.3 Å². The molecule has 1 atom stereocenters. The summed E-state index contributed by atoms with van der Waals surface area (Å²) >= 11 is 0. The minimum Gasteiger partial charge on any atom is -0.337 e. The summed E-state index contributed by atoms with van der Waals surface area (Å²) in [5.41, 5.74) is 4.15. The number of nitrogens with zero attached hydrogens (tertiary/aromatic N) is 2. The molecule has 0 saturated carbocycles. The van der Waals surface area contributed by atoms with Gasteiger partial charge in [-0.25, -0.2) is 10.4 Å². The largest absolute Gasteiger partial charge is 0.337 e. The third-order valence-corrected chi connectivity index (χ3v) is 2.94. The van der Waals surface area contributed by atoms with E-state index in [9.17, 15) is 0 Å². The molecular formula is C13H18N4. The minimum atomic E-state index is 0.0928. The van der Waals surface area contributed by atoms with Crippen molar-refractivity contribution in [2.45, 2.75) is 18.9 Å². The highest BCUT2D eigenvalue weighted by atomic mass is 15.3. The molecule has 0 aliphatic carbocycles. The fraction of sp³-hybridized carbons (Fsp3) is 0.308. The van der Waals surface area contributed by atoms with E-state index in [1.165, 1.54) is 5.56 Å². The molecule has 2 rings (SSSR count). The monoisotopic (exact) mass is 230 g/mol. The Labute approximate surface area is 101 Å². The Morgan fingerprint density at radius 2 is 2.12 bits per heavy atom. The van der Waals surface area contributed by atoms with E-state index in [-0.39, 0.29) is 6.04 Å². The first-order valence-corrected chi connectivity index (χ1v) is 5.78. The van der Waals surface area contributed by atoms with Crippen molar-refractivity contribution in [2.75, 3.05) is 0 Å². The summed E-state index contributed by atoms with van der Waals surface area (Å²) in [6.45, 7) is 0. The third kappa shape index (κ3) is 2.93. The van der Waals surface area contributed by atoms with Crippen molar-refractivity contribution in [1.82, 2.24) is 15.0 Å². The van der Waals surface area contributed by atoms with Crippen LogP contribution in [-0.2, 0) is 13.5 Å². The van der Waals surface area contributed by atoms with Gasteiger partial charge < -0.3 is 4.57 Å². The maximum absolute atomic E-state index is 5.59. The third-order valence-electron chi connectivity index (χ3n) is 2.94. The molecule has 0 radical (unpaired) electrons. The number of nitrogens with one attached hydrogen (secondary N) is 1. The topological polar surface area (TPSA) is 55.9 Å². The maximum Gasteiger partial charge on any atom is 0.126 e. The van der Waals surface area contributed by atoms with Crippen LogP contribution in [0.3, 0.4) is 0 Å². The van der Waals surface area contributed by atoms with Crippen LogP contribution in [0.25, 0.3) is 0 Å². The molecule has 0 saturated heterocycles. The molecule has 1 unspecified atom stereocenters. The summed E-state index contributed by atoms with van der Waals surface area (Å²) in [6, 6.07) is 10.5. The molecule has 2 aromatic rings. The van der Waals surface area contributed by atoms with E-state index in [0.29, 0.717) is 0 Å². The molecule has 0 fully saturated rings. The number of imidazole rings is 1. The summed E-state index contributed by atoms with van der Waals surface area (Å²) in [4.78, 5) is 4.32. The molecule has 0 bridgehead atoms. The number of hydrogen-bond donors (Lipinski definition) is 2. The molecule has 1 aromatic heterocycles. The van der Waals surface area contributed by atoms with Gasteiger partial charge in [-0.2, -0.15) is 0 Å². The lowest BCUT2D eigenvalue weighted by atomic mass is 10.1. The predicted molar refractivity (Wildman–Crippen MR) is 68.0 cm³/mol. The van der Waals surface area contributed by atoms with Gasteiger partial charge in [0.15, 0.2) is 0 Å². The molecule has 4 nitrogen and oxygen atoms in total. The van der Waals surface area contributed by atoms with Gasteiger partial charge in [0.05, 0.1) is 6.04 Å². The molecular weight excluding hydrogens is 212 g/mol. The standard InChI is InChI=1S/C13H18N4/c1-17-10-9-15-13(17)12(16-14)8-7-11-5-3-2-4-6-11/h2-6,9-10,12,16H,7-8,14H2,1H3. The van der Waals surface area contributed by atoms with Crippen LogP contribution in [0.4, 0.5) is 0 Å². The maximum atomic E-state index is 5.59. The zero-order chi connectivity index (χ0) is 12.1. The molecule has 1 heterocycles. The summed E-state index contributed by atoms with van der Waals surface area (Å²) < 4.78 is 2.00. The number of rotatable bonds is 5. The first-order valence-electron chi connectivity index (χ1n) is 5.78. The molecule has 17 heavy (non-hydrogen) atoms. The second-order valence-corrected chi connectivity index (χ2v) is 4.14. The quantitative estimate of drug-likeness (QED) is 0.605. The number of hydrazine groups is 1. The summed E-state index contributed by atoms with van der Waals surface area (Å²) in [5.74, 6) is 6.57. The molecule has 3 N–H and O–H groups in total. The Balaban J connectivity index is 2.00. The molecule has 1 aromatic carbocycles. The van der Waals surface area contributed by atoms with Gasteiger partial charge >= 0.3 is 0 Å². The van der Waals surface area contributed by atoms with Crippen molar-refractivity contribution in [3.63, 3.8) is 0 Å². The van der Waals surface area contributed by atoms with Crippen molar-refractivity contribution in [2.24, 2.45) is 12.9 Å². The van der Waals surface area contributed by atoms with Crippen LogP contribution in [0, 0.1) is 0 Å². The van der Waals surface area contributed by atoms with Crippen molar-refractivity contribution in [1.29, 1.82) is 0 Å². The Morgan fingerprint density at radius 1 is 1.35 bits per heavy atom. The van der Waals surface area contributed by atoms with Crippen LogP contribution in [0.1, 0.15) is 23.9 Å². The second kappa shape index (κ2) is 5.61. The van der Waals surface area contributed by atoms with Crippen LogP contribution < -0.4 is 11.3 Å². The predicted octanol–water partition coefficient (Wildman–Crippen LogP) is 1.56. The van der Waals surface area contributed by atoms with Crippen molar-refractivity contribution < 1.29 is 0 Å². The highest BCUT2D eigenvalue weighted by molar-refractivity contribution is 5.15. The van der Waals surface area contributed by atoms with Gasteiger partial charge in [-0.05, 0) is 18.4 Å². The Kier molecular flexibility index (Phi) is 3.90.